The first-order valence-corrected chi connectivity index (χ1v) is 8.10. The van der Waals surface area contributed by atoms with E-state index < -0.39 is 5.82 Å². The molecule has 0 aliphatic carbocycles. The van der Waals surface area contributed by atoms with E-state index in [0.717, 1.165) is 24.0 Å². The summed E-state index contributed by atoms with van der Waals surface area (Å²) in [4.78, 5) is 23.9. The van der Waals surface area contributed by atoms with Crippen molar-refractivity contribution in [1.29, 1.82) is 0 Å². The van der Waals surface area contributed by atoms with Crippen LogP contribution in [-0.4, -0.2) is 11.8 Å². The number of benzene rings is 2. The molecule has 0 radical (unpaired) electrons. The third kappa shape index (κ3) is 3.30. The molecular formula is C19H19FN2O2. The number of hydrogen-bond donors (Lipinski definition) is 2. The van der Waals surface area contributed by atoms with Gasteiger partial charge in [-0.3, -0.25) is 9.59 Å². The highest BCUT2D eigenvalue weighted by molar-refractivity contribution is 6.05. The van der Waals surface area contributed by atoms with E-state index in [2.05, 4.69) is 10.6 Å². The highest BCUT2D eigenvalue weighted by atomic mass is 19.1. The molecule has 3 rings (SSSR count). The molecule has 2 aromatic rings. The molecule has 0 saturated carbocycles. The molecule has 124 valence electrons. The molecular weight excluding hydrogens is 307 g/mol. The van der Waals surface area contributed by atoms with Crippen LogP contribution in [0.3, 0.4) is 0 Å². The second-order valence-corrected chi connectivity index (χ2v) is 5.90. The van der Waals surface area contributed by atoms with Crippen molar-refractivity contribution >= 4 is 23.2 Å². The number of aryl methyl sites for hydroxylation is 2. The molecule has 0 unspecified atom stereocenters. The second-order valence-electron chi connectivity index (χ2n) is 5.90. The Morgan fingerprint density at radius 1 is 1.25 bits per heavy atom. The predicted octanol–water partition coefficient (Wildman–Crippen LogP) is 3.92. The molecule has 5 heteroatoms. The van der Waals surface area contributed by atoms with Gasteiger partial charge in [-0.1, -0.05) is 31.5 Å². The first-order valence-electron chi connectivity index (χ1n) is 8.10. The molecule has 1 aliphatic rings. The first-order chi connectivity index (χ1) is 11.6. The number of rotatable bonds is 4. The fourth-order valence-corrected chi connectivity index (χ4v) is 2.92. The van der Waals surface area contributed by atoms with E-state index in [9.17, 15) is 14.0 Å². The summed E-state index contributed by atoms with van der Waals surface area (Å²) in [5.41, 5.74) is 2.95. The Hall–Kier alpha value is -2.69. The topological polar surface area (TPSA) is 58.2 Å². The van der Waals surface area contributed by atoms with E-state index in [1.54, 1.807) is 18.2 Å². The van der Waals surface area contributed by atoms with Crippen LogP contribution in [0.2, 0.25) is 0 Å². The minimum absolute atomic E-state index is 0.118. The molecule has 2 amide bonds. The normalized spacial score (nSPS) is 13.2. The van der Waals surface area contributed by atoms with Gasteiger partial charge < -0.3 is 10.6 Å². The molecule has 1 aliphatic heterocycles. The standard InChI is InChI=1S/C19H19FN2O2/c1-2-5-12-6-3-4-7-14(12)19(24)22-17-10-13-8-9-18(23)21-16(13)11-15(17)20/h3-4,6-7,10-11H,2,5,8-9H2,1H3,(H,21,23)(H,22,24). The summed E-state index contributed by atoms with van der Waals surface area (Å²) in [7, 11) is 0. The van der Waals surface area contributed by atoms with E-state index in [1.165, 1.54) is 6.07 Å². The lowest BCUT2D eigenvalue weighted by Crippen LogP contribution is -2.20. The average Bonchev–Trinajstić information content (AvgIpc) is 2.56. The summed E-state index contributed by atoms with van der Waals surface area (Å²) in [6.45, 7) is 2.05. The average molecular weight is 326 g/mol. The van der Waals surface area contributed by atoms with Crippen molar-refractivity contribution in [2.45, 2.75) is 32.6 Å². The quantitative estimate of drug-likeness (QED) is 0.895. The van der Waals surface area contributed by atoms with E-state index in [0.29, 0.717) is 24.1 Å². The van der Waals surface area contributed by atoms with Gasteiger partial charge in [0.1, 0.15) is 5.82 Å². The van der Waals surface area contributed by atoms with Gasteiger partial charge in [-0.25, -0.2) is 4.39 Å². The van der Waals surface area contributed by atoms with Gasteiger partial charge in [-0.15, -0.1) is 0 Å². The van der Waals surface area contributed by atoms with Gasteiger partial charge in [0.05, 0.1) is 5.69 Å². The summed E-state index contributed by atoms with van der Waals surface area (Å²) < 4.78 is 14.3. The van der Waals surface area contributed by atoms with Gasteiger partial charge in [0.25, 0.3) is 5.91 Å². The Bertz CT molecular complexity index is 802. The van der Waals surface area contributed by atoms with Gasteiger partial charge in [0.2, 0.25) is 5.91 Å². The zero-order valence-corrected chi connectivity index (χ0v) is 13.5. The van der Waals surface area contributed by atoms with Crippen LogP contribution in [0.5, 0.6) is 0 Å². The Morgan fingerprint density at radius 3 is 2.83 bits per heavy atom. The van der Waals surface area contributed by atoms with Crippen LogP contribution >= 0.6 is 0 Å². The SMILES string of the molecule is CCCc1ccccc1C(=O)Nc1cc2c(cc1F)NC(=O)CC2. The smallest absolute Gasteiger partial charge is 0.256 e. The predicted molar refractivity (Wildman–Crippen MR) is 91.7 cm³/mol. The second kappa shape index (κ2) is 6.83. The van der Waals surface area contributed by atoms with Crippen LogP contribution < -0.4 is 10.6 Å². The first kappa shape index (κ1) is 16.2. The Morgan fingerprint density at radius 2 is 2.04 bits per heavy atom. The zero-order valence-electron chi connectivity index (χ0n) is 13.5. The largest absolute Gasteiger partial charge is 0.326 e. The molecule has 2 N–H and O–H groups in total. The number of hydrogen-bond acceptors (Lipinski definition) is 2. The van der Waals surface area contributed by atoms with Crippen LogP contribution in [-0.2, 0) is 17.6 Å². The molecule has 0 atom stereocenters. The molecule has 0 bridgehead atoms. The maximum Gasteiger partial charge on any atom is 0.256 e. The van der Waals surface area contributed by atoms with Gasteiger partial charge in [0.15, 0.2) is 0 Å². The number of nitrogens with one attached hydrogen (secondary N) is 2. The summed E-state index contributed by atoms with van der Waals surface area (Å²) in [5.74, 6) is -0.998. The number of halogens is 1. The summed E-state index contributed by atoms with van der Waals surface area (Å²) in [6.07, 6.45) is 2.63. The van der Waals surface area contributed by atoms with Crippen molar-refractivity contribution in [3.8, 4) is 0 Å². The lowest BCUT2D eigenvalue weighted by molar-refractivity contribution is -0.116. The van der Waals surface area contributed by atoms with E-state index >= 15 is 0 Å². The fourth-order valence-electron chi connectivity index (χ4n) is 2.92. The summed E-state index contributed by atoms with van der Waals surface area (Å²) in [5, 5.41) is 5.31. The maximum absolute atomic E-state index is 14.3. The van der Waals surface area contributed by atoms with Crippen molar-refractivity contribution in [1.82, 2.24) is 0 Å². The highest BCUT2D eigenvalue weighted by Gasteiger charge is 2.19. The van der Waals surface area contributed by atoms with Gasteiger partial charge in [-0.2, -0.15) is 0 Å². The van der Waals surface area contributed by atoms with Crippen LogP contribution in [0.1, 0.15) is 41.3 Å². The molecule has 0 spiro atoms. The van der Waals surface area contributed by atoms with Crippen LogP contribution in [0.15, 0.2) is 36.4 Å². The van der Waals surface area contributed by atoms with E-state index in [-0.39, 0.29) is 17.5 Å². The van der Waals surface area contributed by atoms with Gasteiger partial charge in [0, 0.05) is 17.7 Å². The Balaban J connectivity index is 1.86. The van der Waals surface area contributed by atoms with Crippen LogP contribution in [0, 0.1) is 5.82 Å². The number of anilines is 2. The van der Waals surface area contributed by atoms with Crippen molar-refractivity contribution in [2.24, 2.45) is 0 Å². The molecule has 2 aromatic carbocycles. The monoisotopic (exact) mass is 326 g/mol. The lowest BCUT2D eigenvalue weighted by Gasteiger charge is -2.18. The van der Waals surface area contributed by atoms with Crippen LogP contribution in [0.4, 0.5) is 15.8 Å². The molecule has 0 aromatic heterocycles. The third-order valence-electron chi connectivity index (χ3n) is 4.12. The van der Waals surface area contributed by atoms with E-state index in [1.807, 2.05) is 19.1 Å². The molecule has 24 heavy (non-hydrogen) atoms. The number of fused-ring (bicyclic) bond motifs is 1. The number of carbonyl (C=O) groups excluding carboxylic acids is 2. The Kier molecular flexibility index (Phi) is 4.60. The number of carbonyl (C=O) groups is 2. The van der Waals surface area contributed by atoms with Crippen molar-refractivity contribution < 1.29 is 14.0 Å². The zero-order chi connectivity index (χ0) is 17.1. The third-order valence-corrected chi connectivity index (χ3v) is 4.12. The molecule has 0 fully saturated rings. The molecule has 0 saturated heterocycles. The number of amides is 2. The Labute approximate surface area is 140 Å². The van der Waals surface area contributed by atoms with Crippen LogP contribution in [0.25, 0.3) is 0 Å². The fraction of sp³-hybridized carbons (Fsp3) is 0.263. The summed E-state index contributed by atoms with van der Waals surface area (Å²) in [6, 6.07) is 10.2. The minimum Gasteiger partial charge on any atom is -0.326 e. The molecule has 1 heterocycles. The van der Waals surface area contributed by atoms with Gasteiger partial charge >= 0.3 is 0 Å². The highest BCUT2D eigenvalue weighted by Crippen LogP contribution is 2.29. The molecule has 4 nitrogen and oxygen atoms in total. The summed E-state index contributed by atoms with van der Waals surface area (Å²) >= 11 is 0. The van der Waals surface area contributed by atoms with Crippen molar-refractivity contribution in [3.05, 3.63) is 58.9 Å². The van der Waals surface area contributed by atoms with Gasteiger partial charge in [-0.05, 0) is 42.2 Å². The maximum atomic E-state index is 14.3. The van der Waals surface area contributed by atoms with Crippen molar-refractivity contribution in [3.63, 3.8) is 0 Å². The minimum atomic E-state index is -0.558. The van der Waals surface area contributed by atoms with E-state index in [4.69, 9.17) is 0 Å². The lowest BCUT2D eigenvalue weighted by atomic mass is 10.0. The van der Waals surface area contributed by atoms with Crippen molar-refractivity contribution in [2.75, 3.05) is 10.6 Å².